The van der Waals surface area contributed by atoms with Crippen LogP contribution in [0.15, 0.2) is 30.3 Å². The van der Waals surface area contributed by atoms with E-state index in [1.54, 1.807) is 65.0 Å². The predicted molar refractivity (Wildman–Crippen MR) is 94.6 cm³/mol. The summed E-state index contributed by atoms with van der Waals surface area (Å²) in [6.07, 6.45) is -1.67. The van der Waals surface area contributed by atoms with E-state index in [0.717, 1.165) is 0 Å². The number of ether oxygens (including phenoxy) is 3. The van der Waals surface area contributed by atoms with Crippen molar-refractivity contribution in [1.29, 1.82) is 0 Å². The van der Waals surface area contributed by atoms with Gasteiger partial charge in [0.15, 0.2) is 0 Å². The van der Waals surface area contributed by atoms with E-state index in [2.05, 4.69) is 0 Å². The third-order valence-electron chi connectivity index (χ3n) is 3.73. The first-order chi connectivity index (χ1) is 12.0. The summed E-state index contributed by atoms with van der Waals surface area (Å²) in [5, 5.41) is 0. The lowest BCUT2D eigenvalue weighted by Crippen LogP contribution is -2.43. The van der Waals surface area contributed by atoms with Gasteiger partial charge in [0.05, 0.1) is 0 Å². The average Bonchev–Trinajstić information content (AvgIpc) is 2.78. The topological polar surface area (TPSA) is 82.1 Å². The molecule has 142 valence electrons. The Balaban J connectivity index is 2.15. The second-order valence-electron chi connectivity index (χ2n) is 7.87. The standard InChI is InChI=1S/C19H25NO6/c1-18(2,3)26-17(23)20(13-9-7-6-8-10-13)11-14(21)25-15-16(22)24-12-19(15,4)5/h6-10,15H,11-12H2,1-5H3/t15-/m0/s1. The summed E-state index contributed by atoms with van der Waals surface area (Å²) in [5.41, 5.74) is -0.839. The normalized spacial score (nSPS) is 18.8. The molecule has 1 amide bonds. The minimum Gasteiger partial charge on any atom is -0.462 e. The molecule has 1 heterocycles. The lowest BCUT2D eigenvalue weighted by atomic mass is 9.90. The molecule has 1 aromatic carbocycles. The summed E-state index contributed by atoms with van der Waals surface area (Å²) in [7, 11) is 0. The number of benzene rings is 1. The van der Waals surface area contributed by atoms with E-state index < -0.39 is 35.2 Å². The molecule has 0 aliphatic carbocycles. The van der Waals surface area contributed by atoms with E-state index >= 15 is 0 Å². The zero-order valence-corrected chi connectivity index (χ0v) is 15.8. The molecule has 0 aromatic heterocycles. The summed E-state index contributed by atoms with van der Waals surface area (Å²) in [4.78, 5) is 37.9. The molecule has 0 spiro atoms. The monoisotopic (exact) mass is 363 g/mol. The Bertz CT molecular complexity index is 677. The van der Waals surface area contributed by atoms with Crippen LogP contribution < -0.4 is 4.90 Å². The summed E-state index contributed by atoms with van der Waals surface area (Å²) in [6.45, 7) is 8.57. The zero-order chi connectivity index (χ0) is 19.5. The SMILES string of the molecule is CC(C)(C)OC(=O)N(CC(=O)O[C@H]1C(=O)OCC1(C)C)c1ccccc1. The van der Waals surface area contributed by atoms with Crippen molar-refractivity contribution < 1.29 is 28.6 Å². The summed E-state index contributed by atoms with van der Waals surface area (Å²) in [5.74, 6) is -1.29. The van der Waals surface area contributed by atoms with Crippen LogP contribution in [0, 0.1) is 5.41 Å². The first-order valence-corrected chi connectivity index (χ1v) is 8.41. The highest BCUT2D eigenvalue weighted by Crippen LogP contribution is 2.31. The average molecular weight is 363 g/mol. The van der Waals surface area contributed by atoms with Crippen molar-refractivity contribution in [3.63, 3.8) is 0 Å². The number of para-hydroxylation sites is 1. The number of rotatable bonds is 4. The molecular formula is C19H25NO6. The number of carbonyl (C=O) groups excluding carboxylic acids is 3. The molecule has 7 nitrogen and oxygen atoms in total. The molecule has 26 heavy (non-hydrogen) atoms. The number of anilines is 1. The molecule has 1 fully saturated rings. The van der Waals surface area contributed by atoms with E-state index in [1.807, 2.05) is 0 Å². The van der Waals surface area contributed by atoms with Crippen LogP contribution in [0.5, 0.6) is 0 Å². The molecule has 2 rings (SSSR count). The Hall–Kier alpha value is -2.57. The van der Waals surface area contributed by atoms with E-state index in [-0.39, 0.29) is 13.2 Å². The third kappa shape index (κ3) is 4.97. The fraction of sp³-hybridized carbons (Fsp3) is 0.526. The molecule has 0 bridgehead atoms. The van der Waals surface area contributed by atoms with Gasteiger partial charge in [-0.15, -0.1) is 0 Å². The van der Waals surface area contributed by atoms with Gasteiger partial charge in [-0.3, -0.25) is 9.69 Å². The molecule has 0 unspecified atom stereocenters. The Morgan fingerprint density at radius 1 is 1.23 bits per heavy atom. The highest BCUT2D eigenvalue weighted by molar-refractivity contribution is 5.94. The lowest BCUT2D eigenvalue weighted by Gasteiger charge is -2.28. The van der Waals surface area contributed by atoms with Crippen molar-refractivity contribution in [2.24, 2.45) is 5.41 Å². The Kier molecular flexibility index (Phi) is 5.59. The maximum Gasteiger partial charge on any atom is 0.415 e. The Morgan fingerprint density at radius 3 is 2.35 bits per heavy atom. The number of amides is 1. The zero-order valence-electron chi connectivity index (χ0n) is 15.8. The fourth-order valence-electron chi connectivity index (χ4n) is 2.42. The second-order valence-corrected chi connectivity index (χ2v) is 7.87. The summed E-state index contributed by atoms with van der Waals surface area (Å²) in [6, 6.07) is 8.66. The predicted octanol–water partition coefficient (Wildman–Crippen LogP) is 2.92. The van der Waals surface area contributed by atoms with Gasteiger partial charge in [-0.2, -0.15) is 0 Å². The Labute approximate surface area is 153 Å². The molecule has 1 aliphatic heterocycles. The maximum atomic E-state index is 12.5. The van der Waals surface area contributed by atoms with Gasteiger partial charge in [-0.05, 0) is 32.9 Å². The van der Waals surface area contributed by atoms with Crippen molar-refractivity contribution in [1.82, 2.24) is 0 Å². The molecule has 1 aliphatic rings. The van der Waals surface area contributed by atoms with Gasteiger partial charge < -0.3 is 14.2 Å². The van der Waals surface area contributed by atoms with Gasteiger partial charge in [0, 0.05) is 11.1 Å². The number of hydrogen-bond donors (Lipinski definition) is 0. The maximum absolute atomic E-state index is 12.5. The van der Waals surface area contributed by atoms with Crippen molar-refractivity contribution in [2.45, 2.75) is 46.3 Å². The van der Waals surface area contributed by atoms with Gasteiger partial charge in [0.1, 0.15) is 18.8 Å². The van der Waals surface area contributed by atoms with E-state index in [1.165, 1.54) is 4.90 Å². The van der Waals surface area contributed by atoms with Crippen LogP contribution >= 0.6 is 0 Å². The highest BCUT2D eigenvalue weighted by Gasteiger charge is 2.46. The van der Waals surface area contributed by atoms with Crippen molar-refractivity contribution in [3.8, 4) is 0 Å². The van der Waals surface area contributed by atoms with Crippen LogP contribution in [0.25, 0.3) is 0 Å². The van der Waals surface area contributed by atoms with Gasteiger partial charge in [-0.25, -0.2) is 9.59 Å². The molecule has 0 N–H and O–H groups in total. The van der Waals surface area contributed by atoms with Gasteiger partial charge in [-0.1, -0.05) is 32.0 Å². The van der Waals surface area contributed by atoms with Crippen molar-refractivity contribution in [2.75, 3.05) is 18.1 Å². The number of hydrogen-bond acceptors (Lipinski definition) is 6. The minimum atomic E-state index is -0.994. The molecule has 1 aromatic rings. The van der Waals surface area contributed by atoms with Crippen LogP contribution in [-0.4, -0.2) is 42.9 Å². The number of esters is 2. The minimum absolute atomic E-state index is 0.179. The lowest BCUT2D eigenvalue weighted by molar-refractivity contribution is -0.161. The molecule has 7 heteroatoms. The second kappa shape index (κ2) is 7.35. The molecule has 0 saturated carbocycles. The number of nitrogens with zero attached hydrogens (tertiary/aromatic N) is 1. The largest absolute Gasteiger partial charge is 0.462 e. The van der Waals surface area contributed by atoms with Crippen LogP contribution in [0.2, 0.25) is 0 Å². The van der Waals surface area contributed by atoms with Gasteiger partial charge >= 0.3 is 18.0 Å². The van der Waals surface area contributed by atoms with Crippen LogP contribution in [0.1, 0.15) is 34.6 Å². The van der Waals surface area contributed by atoms with Crippen LogP contribution in [0.3, 0.4) is 0 Å². The van der Waals surface area contributed by atoms with Crippen molar-refractivity contribution in [3.05, 3.63) is 30.3 Å². The summed E-state index contributed by atoms with van der Waals surface area (Å²) >= 11 is 0. The van der Waals surface area contributed by atoms with E-state index in [4.69, 9.17) is 14.2 Å². The molecule has 1 saturated heterocycles. The number of carbonyl (C=O) groups is 3. The van der Waals surface area contributed by atoms with Gasteiger partial charge in [0.25, 0.3) is 0 Å². The smallest absolute Gasteiger partial charge is 0.415 e. The fourth-order valence-corrected chi connectivity index (χ4v) is 2.42. The third-order valence-corrected chi connectivity index (χ3v) is 3.73. The molecule has 0 radical (unpaired) electrons. The first-order valence-electron chi connectivity index (χ1n) is 8.41. The number of cyclic esters (lactones) is 1. The Morgan fingerprint density at radius 2 is 1.85 bits per heavy atom. The van der Waals surface area contributed by atoms with E-state index in [0.29, 0.717) is 5.69 Å². The van der Waals surface area contributed by atoms with E-state index in [9.17, 15) is 14.4 Å². The first kappa shape index (κ1) is 19.8. The highest BCUT2D eigenvalue weighted by atomic mass is 16.6. The molecular weight excluding hydrogens is 338 g/mol. The summed E-state index contributed by atoms with van der Waals surface area (Å²) < 4.78 is 15.6. The molecule has 1 atom stereocenters. The van der Waals surface area contributed by atoms with Crippen LogP contribution in [-0.2, 0) is 23.8 Å². The van der Waals surface area contributed by atoms with Gasteiger partial charge in [0.2, 0.25) is 6.10 Å². The van der Waals surface area contributed by atoms with Crippen molar-refractivity contribution >= 4 is 23.7 Å². The van der Waals surface area contributed by atoms with Crippen LogP contribution in [0.4, 0.5) is 10.5 Å². The quantitative estimate of drug-likeness (QED) is 0.604.